The smallest absolute Gasteiger partial charge is 0.397 e. The molecule has 0 radical (unpaired) electrons. The Kier molecular flexibility index (Phi) is 3.71. The summed E-state index contributed by atoms with van der Waals surface area (Å²) in [5.74, 6) is -0.605. The van der Waals surface area contributed by atoms with Crippen LogP contribution in [-0.2, 0) is 6.18 Å². The number of nitrogens with zero attached hydrogens (tertiary/aromatic N) is 2. The van der Waals surface area contributed by atoms with Gasteiger partial charge in [-0.3, -0.25) is 10.1 Å². The molecule has 0 aliphatic heterocycles. The number of carbonyl (C=O) groups is 1. The monoisotopic (exact) mass is 356 g/mol. The number of thiophene rings is 1. The number of aromatic nitrogens is 2. The van der Waals surface area contributed by atoms with Crippen LogP contribution in [0.25, 0.3) is 10.2 Å². The molecule has 3 aromatic rings. The van der Waals surface area contributed by atoms with E-state index in [1.165, 1.54) is 13.0 Å². The molecule has 0 unspecified atom stereocenters. The maximum Gasteiger partial charge on any atom is 0.417 e. The maximum absolute atomic E-state index is 13.2. The van der Waals surface area contributed by atoms with Crippen LogP contribution in [0.4, 0.5) is 24.7 Å². The lowest BCUT2D eigenvalue weighted by Crippen LogP contribution is -2.12. The first kappa shape index (κ1) is 16.2. The van der Waals surface area contributed by atoms with Crippen molar-refractivity contribution >= 4 is 39.0 Å². The molecule has 0 fully saturated rings. The van der Waals surface area contributed by atoms with Gasteiger partial charge in [-0.05, 0) is 19.9 Å². The lowest BCUT2D eigenvalue weighted by Gasteiger charge is -2.09. The Morgan fingerprint density at radius 2 is 2.00 bits per heavy atom. The van der Waals surface area contributed by atoms with Gasteiger partial charge in [0.05, 0.1) is 16.9 Å². The van der Waals surface area contributed by atoms with E-state index in [9.17, 15) is 18.0 Å². The summed E-state index contributed by atoms with van der Waals surface area (Å²) in [5, 5.41) is 5.75. The molecule has 0 aliphatic carbocycles. The van der Waals surface area contributed by atoms with Crippen molar-refractivity contribution in [2.45, 2.75) is 20.0 Å². The molecule has 6 nitrogen and oxygen atoms in total. The van der Waals surface area contributed by atoms with Crippen LogP contribution < -0.4 is 11.1 Å². The van der Waals surface area contributed by atoms with Crippen molar-refractivity contribution in [3.05, 3.63) is 34.0 Å². The molecule has 0 atom stereocenters. The van der Waals surface area contributed by atoms with Crippen molar-refractivity contribution in [1.82, 2.24) is 10.1 Å². The van der Waals surface area contributed by atoms with Gasteiger partial charge >= 0.3 is 6.18 Å². The molecule has 1 amide bonds. The van der Waals surface area contributed by atoms with Crippen LogP contribution in [0.3, 0.4) is 0 Å². The third-order valence-electron chi connectivity index (χ3n) is 3.20. The highest BCUT2D eigenvalue weighted by atomic mass is 32.1. The molecule has 0 spiro atoms. The number of nitrogens with two attached hydrogens (primary N) is 1. The molecular weight excluding hydrogens is 345 g/mol. The van der Waals surface area contributed by atoms with Crippen molar-refractivity contribution in [1.29, 1.82) is 0 Å². The Labute approximate surface area is 137 Å². The van der Waals surface area contributed by atoms with Gasteiger partial charge in [0.15, 0.2) is 0 Å². The van der Waals surface area contributed by atoms with Crippen molar-refractivity contribution in [3.63, 3.8) is 0 Å². The summed E-state index contributed by atoms with van der Waals surface area (Å²) in [5.41, 5.74) is 5.38. The van der Waals surface area contributed by atoms with Crippen LogP contribution in [0, 0.1) is 13.8 Å². The topological polar surface area (TPSA) is 94.0 Å². The lowest BCUT2D eigenvalue weighted by molar-refractivity contribution is -0.136. The summed E-state index contributed by atoms with van der Waals surface area (Å²) in [6.45, 7) is 3.11. The molecule has 3 N–H and O–H groups in total. The second-order valence-corrected chi connectivity index (χ2v) is 6.12. The van der Waals surface area contributed by atoms with E-state index in [1.54, 1.807) is 6.92 Å². The van der Waals surface area contributed by atoms with Gasteiger partial charge in [-0.15, -0.1) is 11.3 Å². The number of rotatable bonds is 2. The van der Waals surface area contributed by atoms with E-state index in [2.05, 4.69) is 15.5 Å². The summed E-state index contributed by atoms with van der Waals surface area (Å²) in [6, 6.07) is 2.39. The fraction of sp³-hybridized carbons (Fsp3) is 0.214. The van der Waals surface area contributed by atoms with Gasteiger partial charge in [-0.2, -0.15) is 13.2 Å². The van der Waals surface area contributed by atoms with Gasteiger partial charge in [0.1, 0.15) is 9.71 Å². The Morgan fingerprint density at radius 3 is 2.58 bits per heavy atom. The van der Waals surface area contributed by atoms with Gasteiger partial charge in [0, 0.05) is 17.1 Å². The predicted molar refractivity (Wildman–Crippen MR) is 83.0 cm³/mol. The number of hydrogen-bond acceptors (Lipinski definition) is 6. The van der Waals surface area contributed by atoms with Gasteiger partial charge in [0.25, 0.3) is 5.91 Å². The minimum atomic E-state index is -4.60. The molecule has 0 saturated heterocycles. The number of fused-ring (bicyclic) bond motifs is 1. The summed E-state index contributed by atoms with van der Waals surface area (Å²) < 4.78 is 44.6. The van der Waals surface area contributed by atoms with E-state index >= 15 is 0 Å². The minimum Gasteiger partial charge on any atom is -0.397 e. The first-order chi connectivity index (χ1) is 11.2. The normalized spacial score (nSPS) is 11.9. The Balaban J connectivity index is 2.10. The summed E-state index contributed by atoms with van der Waals surface area (Å²) in [7, 11) is 0. The lowest BCUT2D eigenvalue weighted by atomic mass is 10.1. The largest absolute Gasteiger partial charge is 0.417 e. The second-order valence-electron chi connectivity index (χ2n) is 5.12. The summed E-state index contributed by atoms with van der Waals surface area (Å²) in [6.07, 6.45) is -4.60. The quantitative estimate of drug-likeness (QED) is 0.729. The SMILES string of the molecule is Cc1cc(NC(=O)c2sc3nc(C)cc(C(F)(F)F)c3c2N)on1. The molecule has 0 saturated carbocycles. The van der Waals surface area contributed by atoms with E-state index in [4.69, 9.17) is 10.3 Å². The van der Waals surface area contributed by atoms with Crippen LogP contribution in [0.15, 0.2) is 16.7 Å². The van der Waals surface area contributed by atoms with Crippen LogP contribution in [0.2, 0.25) is 0 Å². The Morgan fingerprint density at radius 1 is 1.29 bits per heavy atom. The highest BCUT2D eigenvalue weighted by Crippen LogP contribution is 2.42. The van der Waals surface area contributed by atoms with Crippen molar-refractivity contribution in [2.75, 3.05) is 11.1 Å². The molecular formula is C14H11F3N4O2S. The number of aryl methyl sites for hydroxylation is 2. The first-order valence-electron chi connectivity index (χ1n) is 6.68. The summed E-state index contributed by atoms with van der Waals surface area (Å²) in [4.78, 5) is 16.3. The average Bonchev–Trinajstić information content (AvgIpc) is 3.01. The zero-order valence-corrected chi connectivity index (χ0v) is 13.3. The Hall–Kier alpha value is -2.62. The number of halogens is 3. The van der Waals surface area contributed by atoms with Gasteiger partial charge < -0.3 is 10.3 Å². The van der Waals surface area contributed by atoms with Crippen LogP contribution in [0.5, 0.6) is 0 Å². The zero-order valence-electron chi connectivity index (χ0n) is 12.5. The molecule has 3 rings (SSSR count). The molecule has 24 heavy (non-hydrogen) atoms. The zero-order chi connectivity index (χ0) is 17.6. The van der Waals surface area contributed by atoms with Crippen molar-refractivity contribution in [2.24, 2.45) is 0 Å². The fourth-order valence-corrected chi connectivity index (χ4v) is 3.29. The molecule has 3 heterocycles. The Bertz CT molecular complexity index is 946. The van der Waals surface area contributed by atoms with Gasteiger partial charge in [-0.25, -0.2) is 4.98 Å². The van der Waals surface area contributed by atoms with E-state index in [-0.39, 0.29) is 32.4 Å². The number of hydrogen-bond donors (Lipinski definition) is 2. The van der Waals surface area contributed by atoms with Crippen LogP contribution in [0.1, 0.15) is 26.6 Å². The number of amides is 1. The molecule has 0 aliphatic rings. The number of nitrogens with one attached hydrogen (secondary N) is 1. The molecule has 10 heteroatoms. The van der Waals surface area contributed by atoms with E-state index < -0.39 is 17.6 Å². The number of alkyl halides is 3. The highest BCUT2D eigenvalue weighted by molar-refractivity contribution is 7.21. The number of anilines is 2. The number of pyridine rings is 1. The second kappa shape index (κ2) is 5.48. The van der Waals surface area contributed by atoms with Gasteiger partial charge in [0.2, 0.25) is 5.88 Å². The predicted octanol–water partition coefficient (Wildman–Crippen LogP) is 3.75. The van der Waals surface area contributed by atoms with E-state index in [0.29, 0.717) is 5.69 Å². The summed E-state index contributed by atoms with van der Waals surface area (Å²) >= 11 is 0.792. The fourth-order valence-electron chi connectivity index (χ4n) is 2.23. The van der Waals surface area contributed by atoms with Crippen molar-refractivity contribution in [3.8, 4) is 0 Å². The van der Waals surface area contributed by atoms with E-state index in [0.717, 1.165) is 17.4 Å². The number of carbonyl (C=O) groups excluding carboxylic acids is 1. The van der Waals surface area contributed by atoms with Crippen LogP contribution >= 0.6 is 11.3 Å². The third kappa shape index (κ3) is 2.80. The standard InChI is InChI=1S/C14H11F3N4O2S/c1-5-3-7(14(15,16)17)9-10(18)11(24-13(9)19-5)12(22)20-8-4-6(2)21-23-8/h3-4H,18H2,1-2H3,(H,20,22). The molecule has 126 valence electrons. The molecule has 3 aromatic heterocycles. The van der Waals surface area contributed by atoms with Crippen LogP contribution in [-0.4, -0.2) is 16.0 Å². The first-order valence-corrected chi connectivity index (χ1v) is 7.50. The van der Waals surface area contributed by atoms with Gasteiger partial charge in [-0.1, -0.05) is 5.16 Å². The maximum atomic E-state index is 13.2. The highest BCUT2D eigenvalue weighted by Gasteiger charge is 2.35. The molecule has 0 bridgehead atoms. The van der Waals surface area contributed by atoms with E-state index in [1.807, 2.05) is 0 Å². The third-order valence-corrected chi connectivity index (χ3v) is 4.30. The van der Waals surface area contributed by atoms with Crippen molar-refractivity contribution < 1.29 is 22.5 Å². The number of nitrogen functional groups attached to an aromatic ring is 1. The molecule has 0 aromatic carbocycles. The minimum absolute atomic E-state index is 0.0544. The average molecular weight is 356 g/mol.